The quantitative estimate of drug-likeness (QED) is 0.780. The van der Waals surface area contributed by atoms with E-state index in [2.05, 4.69) is 0 Å². The minimum absolute atomic E-state index is 0.0416. The molecule has 0 aliphatic carbocycles. The second-order valence-corrected chi connectivity index (χ2v) is 4.67. The van der Waals surface area contributed by atoms with Gasteiger partial charge in [-0.1, -0.05) is 0 Å². The first-order chi connectivity index (χ1) is 10.2. The van der Waals surface area contributed by atoms with Crippen LogP contribution in [0.2, 0.25) is 0 Å². The highest BCUT2D eigenvalue weighted by Crippen LogP contribution is 2.23. The van der Waals surface area contributed by atoms with Gasteiger partial charge >= 0.3 is 5.97 Å². The molecule has 2 heterocycles. The number of furan rings is 1. The number of aromatic carboxylic acids is 1. The van der Waals surface area contributed by atoms with E-state index in [-0.39, 0.29) is 5.76 Å². The Morgan fingerprint density at radius 1 is 1.29 bits per heavy atom. The number of benzene rings is 1. The zero-order valence-corrected chi connectivity index (χ0v) is 11.6. The van der Waals surface area contributed by atoms with Gasteiger partial charge < -0.3 is 18.8 Å². The molecule has 1 N–H and O–H groups in total. The summed E-state index contributed by atoms with van der Waals surface area (Å²) in [5, 5.41) is 9.94. The van der Waals surface area contributed by atoms with E-state index in [9.17, 15) is 4.79 Å². The molecule has 0 radical (unpaired) electrons. The third-order valence-corrected chi connectivity index (χ3v) is 3.25. The van der Waals surface area contributed by atoms with Crippen LogP contribution in [-0.4, -0.2) is 22.2 Å². The number of carboxylic acids is 1. The fourth-order valence-corrected chi connectivity index (χ4v) is 2.32. The molecule has 21 heavy (non-hydrogen) atoms. The predicted octanol–water partition coefficient (Wildman–Crippen LogP) is 3.38. The highest BCUT2D eigenvalue weighted by Gasteiger charge is 2.10. The molecule has 5 heteroatoms. The van der Waals surface area contributed by atoms with Crippen LogP contribution < -0.4 is 4.74 Å². The van der Waals surface area contributed by atoms with E-state index in [1.165, 1.54) is 6.07 Å². The van der Waals surface area contributed by atoms with Crippen molar-refractivity contribution < 1.29 is 19.1 Å². The molecule has 0 bridgehead atoms. The van der Waals surface area contributed by atoms with Gasteiger partial charge in [0.05, 0.1) is 13.2 Å². The molecule has 0 aliphatic heterocycles. The van der Waals surface area contributed by atoms with Crippen LogP contribution in [0.5, 0.6) is 5.75 Å². The molecule has 108 valence electrons. The van der Waals surface area contributed by atoms with Crippen LogP contribution in [0.25, 0.3) is 10.9 Å². The summed E-state index contributed by atoms with van der Waals surface area (Å²) in [5.41, 5.74) is 1.05. The summed E-state index contributed by atoms with van der Waals surface area (Å²) in [6.07, 6.45) is 1.95. The lowest BCUT2D eigenvalue weighted by atomic mass is 10.2. The van der Waals surface area contributed by atoms with Crippen molar-refractivity contribution in [1.82, 2.24) is 4.57 Å². The van der Waals surface area contributed by atoms with E-state index < -0.39 is 5.97 Å². The molecule has 2 aromatic heterocycles. The van der Waals surface area contributed by atoms with E-state index in [0.717, 1.165) is 16.7 Å². The third kappa shape index (κ3) is 2.63. The number of rotatable bonds is 5. The largest absolute Gasteiger partial charge is 0.494 e. The van der Waals surface area contributed by atoms with E-state index in [4.69, 9.17) is 14.3 Å². The summed E-state index contributed by atoms with van der Waals surface area (Å²) >= 11 is 0. The van der Waals surface area contributed by atoms with Crippen molar-refractivity contribution in [3.8, 4) is 5.75 Å². The predicted molar refractivity (Wildman–Crippen MR) is 77.9 cm³/mol. The maximum absolute atomic E-state index is 10.8. The molecule has 0 unspecified atom stereocenters. The molecule has 0 atom stereocenters. The summed E-state index contributed by atoms with van der Waals surface area (Å²) < 4.78 is 12.8. The van der Waals surface area contributed by atoms with Gasteiger partial charge in [-0.2, -0.15) is 0 Å². The molecular formula is C16H15NO4. The molecule has 5 nitrogen and oxygen atoms in total. The number of hydrogen-bond acceptors (Lipinski definition) is 3. The molecule has 0 spiro atoms. The normalized spacial score (nSPS) is 10.9. The average Bonchev–Trinajstić information content (AvgIpc) is 3.07. The van der Waals surface area contributed by atoms with Gasteiger partial charge in [-0.05, 0) is 43.3 Å². The SMILES string of the molecule is CCOc1ccc2c(ccn2Cc2ccc(C(=O)O)o2)c1. The first kappa shape index (κ1) is 13.3. The molecule has 0 amide bonds. The molecule has 0 saturated heterocycles. The van der Waals surface area contributed by atoms with Crippen LogP contribution in [0.3, 0.4) is 0 Å². The van der Waals surface area contributed by atoms with Gasteiger partial charge in [0.2, 0.25) is 5.76 Å². The lowest BCUT2D eigenvalue weighted by Crippen LogP contribution is -1.97. The monoisotopic (exact) mass is 285 g/mol. The molecule has 1 aromatic carbocycles. The molecule has 0 aliphatic rings. The second kappa shape index (κ2) is 5.36. The maximum atomic E-state index is 10.8. The fourth-order valence-electron chi connectivity index (χ4n) is 2.32. The standard InChI is InChI=1S/C16H15NO4/c1-2-20-12-3-5-14-11(9-12)7-8-17(14)10-13-4-6-15(21-13)16(18)19/h3-9H,2,10H2,1H3,(H,18,19). The van der Waals surface area contributed by atoms with Crippen LogP contribution in [0, 0.1) is 0 Å². The highest BCUT2D eigenvalue weighted by atomic mass is 16.5. The number of carboxylic acid groups (broad SMARTS) is 1. The van der Waals surface area contributed by atoms with E-state index in [1.807, 2.05) is 42.0 Å². The Kier molecular flexibility index (Phi) is 3.39. The zero-order chi connectivity index (χ0) is 14.8. The van der Waals surface area contributed by atoms with Crippen molar-refractivity contribution in [1.29, 1.82) is 0 Å². The van der Waals surface area contributed by atoms with Gasteiger partial charge in [-0.15, -0.1) is 0 Å². The molecule has 0 fully saturated rings. The molecule has 3 aromatic rings. The van der Waals surface area contributed by atoms with Crippen LogP contribution in [-0.2, 0) is 6.54 Å². The fraction of sp³-hybridized carbons (Fsp3) is 0.188. The Morgan fingerprint density at radius 2 is 2.14 bits per heavy atom. The van der Waals surface area contributed by atoms with E-state index in [1.54, 1.807) is 6.07 Å². The van der Waals surface area contributed by atoms with Crippen LogP contribution in [0.1, 0.15) is 23.2 Å². The minimum Gasteiger partial charge on any atom is -0.494 e. The molecular weight excluding hydrogens is 270 g/mol. The first-order valence-electron chi connectivity index (χ1n) is 6.71. The summed E-state index contributed by atoms with van der Waals surface area (Å²) in [7, 11) is 0. The Morgan fingerprint density at radius 3 is 2.86 bits per heavy atom. The van der Waals surface area contributed by atoms with Crippen molar-refractivity contribution in [2.75, 3.05) is 6.61 Å². The van der Waals surface area contributed by atoms with Crippen LogP contribution >= 0.6 is 0 Å². The highest BCUT2D eigenvalue weighted by molar-refractivity contribution is 5.84. The van der Waals surface area contributed by atoms with Crippen molar-refractivity contribution in [3.63, 3.8) is 0 Å². The van der Waals surface area contributed by atoms with Gasteiger partial charge in [-0.3, -0.25) is 0 Å². The summed E-state index contributed by atoms with van der Waals surface area (Å²) in [5.74, 6) is 0.354. The van der Waals surface area contributed by atoms with Crippen LogP contribution in [0.4, 0.5) is 0 Å². The van der Waals surface area contributed by atoms with Gasteiger partial charge in [0.1, 0.15) is 11.5 Å². The Labute approximate surface area is 121 Å². The third-order valence-electron chi connectivity index (χ3n) is 3.25. The average molecular weight is 285 g/mol. The van der Waals surface area contributed by atoms with Crippen molar-refractivity contribution >= 4 is 16.9 Å². The minimum atomic E-state index is -1.06. The van der Waals surface area contributed by atoms with Crippen molar-refractivity contribution in [3.05, 3.63) is 54.1 Å². The number of nitrogens with zero attached hydrogens (tertiary/aromatic N) is 1. The van der Waals surface area contributed by atoms with Gasteiger partial charge in [0.25, 0.3) is 0 Å². The van der Waals surface area contributed by atoms with Gasteiger partial charge in [0, 0.05) is 17.1 Å². The number of hydrogen-bond donors (Lipinski definition) is 1. The Hall–Kier alpha value is -2.69. The summed E-state index contributed by atoms with van der Waals surface area (Å²) in [6, 6.07) is 11.0. The van der Waals surface area contributed by atoms with Crippen molar-refractivity contribution in [2.45, 2.75) is 13.5 Å². The topological polar surface area (TPSA) is 64.6 Å². The second-order valence-electron chi connectivity index (χ2n) is 4.67. The smallest absolute Gasteiger partial charge is 0.371 e. The zero-order valence-electron chi connectivity index (χ0n) is 11.6. The number of ether oxygens (including phenoxy) is 1. The maximum Gasteiger partial charge on any atom is 0.371 e. The van der Waals surface area contributed by atoms with E-state index >= 15 is 0 Å². The van der Waals surface area contributed by atoms with Gasteiger partial charge in [-0.25, -0.2) is 4.79 Å². The molecule has 3 rings (SSSR count). The Bertz CT molecular complexity index is 785. The van der Waals surface area contributed by atoms with E-state index in [0.29, 0.717) is 18.9 Å². The number of fused-ring (bicyclic) bond motifs is 1. The molecule has 0 saturated carbocycles. The van der Waals surface area contributed by atoms with Gasteiger partial charge in [0.15, 0.2) is 0 Å². The lowest BCUT2D eigenvalue weighted by molar-refractivity contribution is 0.0660. The number of aromatic nitrogens is 1. The van der Waals surface area contributed by atoms with Crippen molar-refractivity contribution in [2.24, 2.45) is 0 Å². The number of carbonyl (C=O) groups is 1. The summed E-state index contributed by atoms with van der Waals surface area (Å²) in [4.78, 5) is 10.8. The Balaban J connectivity index is 1.88. The summed E-state index contributed by atoms with van der Waals surface area (Å²) in [6.45, 7) is 3.08. The lowest BCUT2D eigenvalue weighted by Gasteiger charge is -2.05. The van der Waals surface area contributed by atoms with Crippen LogP contribution in [0.15, 0.2) is 47.0 Å². The first-order valence-corrected chi connectivity index (χ1v) is 6.71.